The van der Waals surface area contributed by atoms with Gasteiger partial charge < -0.3 is 10.6 Å². The zero-order valence-corrected chi connectivity index (χ0v) is 12.3. The van der Waals surface area contributed by atoms with Crippen LogP contribution in [0.3, 0.4) is 0 Å². The molecule has 21 heavy (non-hydrogen) atoms. The molecule has 112 valence electrons. The molecule has 8 heteroatoms. The lowest BCUT2D eigenvalue weighted by atomic mass is 10.2. The summed E-state index contributed by atoms with van der Waals surface area (Å²) in [5, 5.41) is 0. The number of carbonyl (C=O) groups excluding carboxylic acids is 2. The third-order valence-corrected chi connectivity index (χ3v) is 5.58. The Morgan fingerprint density at radius 3 is 2.71 bits per heavy atom. The van der Waals surface area contributed by atoms with E-state index in [-0.39, 0.29) is 22.4 Å². The third kappa shape index (κ3) is 2.15. The summed E-state index contributed by atoms with van der Waals surface area (Å²) in [4.78, 5) is 25.7. The Balaban J connectivity index is 1.91. The molecule has 2 amide bonds. The van der Waals surface area contributed by atoms with Gasteiger partial charge in [0.2, 0.25) is 5.91 Å². The van der Waals surface area contributed by atoms with Crippen molar-refractivity contribution in [3.8, 4) is 0 Å². The van der Waals surface area contributed by atoms with Gasteiger partial charge in [-0.1, -0.05) is 0 Å². The van der Waals surface area contributed by atoms with Crippen LogP contribution >= 0.6 is 0 Å². The van der Waals surface area contributed by atoms with Gasteiger partial charge >= 0.3 is 0 Å². The summed E-state index contributed by atoms with van der Waals surface area (Å²) in [5.74, 6) is -1.08. The third-order valence-electron chi connectivity index (χ3n) is 3.80. The Bertz CT molecular complexity index is 740. The van der Waals surface area contributed by atoms with Crippen molar-refractivity contribution in [2.75, 3.05) is 19.3 Å². The van der Waals surface area contributed by atoms with Crippen molar-refractivity contribution in [3.63, 3.8) is 0 Å². The molecule has 1 aliphatic heterocycles. The van der Waals surface area contributed by atoms with E-state index in [9.17, 15) is 18.0 Å². The van der Waals surface area contributed by atoms with Crippen LogP contribution in [0.15, 0.2) is 23.1 Å². The molecule has 1 saturated carbocycles. The maximum atomic E-state index is 12.3. The van der Waals surface area contributed by atoms with Gasteiger partial charge in [-0.2, -0.15) is 0 Å². The summed E-state index contributed by atoms with van der Waals surface area (Å²) in [6.45, 7) is -0.469. The molecule has 1 fully saturated rings. The molecule has 0 aromatic heterocycles. The van der Waals surface area contributed by atoms with Crippen LogP contribution in [0, 0.1) is 0 Å². The van der Waals surface area contributed by atoms with Gasteiger partial charge in [-0.3, -0.25) is 9.59 Å². The van der Waals surface area contributed by atoms with Gasteiger partial charge in [-0.05, 0) is 31.0 Å². The SMILES string of the molecule is CN(C(=O)CN1C(=O)c2cc(N)ccc2S1(=O)=O)C1CC1. The maximum absolute atomic E-state index is 12.3. The van der Waals surface area contributed by atoms with Crippen LogP contribution in [-0.4, -0.2) is 49.1 Å². The Morgan fingerprint density at radius 2 is 2.10 bits per heavy atom. The van der Waals surface area contributed by atoms with Crippen molar-refractivity contribution in [1.82, 2.24) is 9.21 Å². The minimum atomic E-state index is -3.97. The number of nitrogens with two attached hydrogens (primary N) is 1. The molecule has 0 unspecified atom stereocenters. The van der Waals surface area contributed by atoms with Crippen LogP contribution < -0.4 is 5.73 Å². The highest BCUT2D eigenvalue weighted by molar-refractivity contribution is 7.90. The van der Waals surface area contributed by atoms with Crippen LogP contribution in [-0.2, 0) is 14.8 Å². The monoisotopic (exact) mass is 309 g/mol. The first-order chi connectivity index (χ1) is 9.82. The van der Waals surface area contributed by atoms with E-state index in [0.717, 1.165) is 12.8 Å². The van der Waals surface area contributed by atoms with Crippen LogP contribution in [0.25, 0.3) is 0 Å². The standard InChI is InChI=1S/C13H15N3O4S/c1-15(9-3-4-9)12(17)7-16-13(18)10-6-8(14)2-5-11(10)21(16,19)20/h2,5-6,9H,3-4,7,14H2,1H3. The molecule has 2 aliphatic rings. The molecule has 0 saturated heterocycles. The molecule has 0 radical (unpaired) electrons. The molecule has 1 aliphatic carbocycles. The number of nitrogens with zero attached hydrogens (tertiary/aromatic N) is 2. The van der Waals surface area contributed by atoms with Crippen molar-refractivity contribution < 1.29 is 18.0 Å². The van der Waals surface area contributed by atoms with Crippen molar-refractivity contribution >= 4 is 27.5 Å². The highest BCUT2D eigenvalue weighted by Crippen LogP contribution is 2.32. The molecular formula is C13H15N3O4S. The second-order valence-corrected chi connectivity index (χ2v) is 7.14. The second kappa shape index (κ2) is 4.45. The number of carbonyl (C=O) groups is 2. The number of hydrogen-bond donors (Lipinski definition) is 1. The van der Waals surface area contributed by atoms with Crippen LogP contribution in [0.2, 0.25) is 0 Å². The smallest absolute Gasteiger partial charge is 0.269 e. The Labute approximate surface area is 122 Å². The number of benzene rings is 1. The number of rotatable bonds is 3. The van der Waals surface area contributed by atoms with Gasteiger partial charge in [0.15, 0.2) is 0 Å². The maximum Gasteiger partial charge on any atom is 0.269 e. The second-order valence-electron chi connectivity index (χ2n) is 5.31. The highest BCUT2D eigenvalue weighted by Gasteiger charge is 2.43. The predicted octanol–water partition coefficient (Wildman–Crippen LogP) is 0.0341. The average molecular weight is 309 g/mol. The Morgan fingerprint density at radius 1 is 1.43 bits per heavy atom. The number of sulfonamides is 1. The number of fused-ring (bicyclic) bond motifs is 1. The molecule has 1 aromatic carbocycles. The summed E-state index contributed by atoms with van der Waals surface area (Å²) < 4.78 is 25.3. The van der Waals surface area contributed by atoms with E-state index in [4.69, 9.17) is 5.73 Å². The number of anilines is 1. The molecule has 0 atom stereocenters. The molecule has 3 rings (SSSR count). The summed E-state index contributed by atoms with van der Waals surface area (Å²) in [5.41, 5.74) is 5.91. The normalized spacial score (nSPS) is 19.5. The van der Waals surface area contributed by atoms with E-state index >= 15 is 0 Å². The molecule has 1 heterocycles. The minimum absolute atomic E-state index is 0.0249. The van der Waals surface area contributed by atoms with E-state index < -0.39 is 22.5 Å². The predicted molar refractivity (Wildman–Crippen MR) is 74.9 cm³/mol. The fourth-order valence-corrected chi connectivity index (χ4v) is 3.86. The first kappa shape index (κ1) is 13.9. The fraction of sp³-hybridized carbons (Fsp3) is 0.385. The summed E-state index contributed by atoms with van der Waals surface area (Å²) in [6, 6.07) is 4.21. The number of amides is 2. The molecule has 0 bridgehead atoms. The van der Waals surface area contributed by atoms with Gasteiger partial charge in [0.05, 0.1) is 5.56 Å². The molecule has 7 nitrogen and oxygen atoms in total. The first-order valence-corrected chi connectivity index (χ1v) is 7.98. The van der Waals surface area contributed by atoms with E-state index in [2.05, 4.69) is 0 Å². The number of nitrogen functional groups attached to an aromatic ring is 1. The van der Waals surface area contributed by atoms with Crippen molar-refractivity contribution in [3.05, 3.63) is 23.8 Å². The van der Waals surface area contributed by atoms with Crippen molar-refractivity contribution in [2.45, 2.75) is 23.8 Å². The molecule has 2 N–H and O–H groups in total. The van der Waals surface area contributed by atoms with Gasteiger partial charge in [-0.15, -0.1) is 0 Å². The molecule has 1 aromatic rings. The van der Waals surface area contributed by atoms with Crippen LogP contribution in [0.1, 0.15) is 23.2 Å². The van der Waals surface area contributed by atoms with E-state index in [1.165, 1.54) is 23.1 Å². The van der Waals surface area contributed by atoms with Crippen molar-refractivity contribution in [2.24, 2.45) is 0 Å². The van der Waals surface area contributed by atoms with Crippen LogP contribution in [0.5, 0.6) is 0 Å². The Hall–Kier alpha value is -2.09. The summed E-state index contributed by atoms with van der Waals surface area (Å²) in [7, 11) is -2.34. The lowest BCUT2D eigenvalue weighted by Crippen LogP contribution is -2.41. The van der Waals surface area contributed by atoms with Crippen LogP contribution in [0.4, 0.5) is 5.69 Å². The zero-order valence-electron chi connectivity index (χ0n) is 11.4. The van der Waals surface area contributed by atoms with E-state index in [0.29, 0.717) is 9.99 Å². The molecular weight excluding hydrogens is 294 g/mol. The lowest BCUT2D eigenvalue weighted by Gasteiger charge is -2.20. The number of likely N-dealkylation sites (N-methyl/N-ethyl adjacent to an activating group) is 1. The average Bonchev–Trinajstić information content (AvgIpc) is 3.24. The zero-order chi connectivity index (χ0) is 15.4. The Kier molecular flexibility index (Phi) is 2.94. The fourth-order valence-electron chi connectivity index (χ4n) is 2.36. The van der Waals surface area contributed by atoms with Gasteiger partial charge in [0.1, 0.15) is 11.4 Å². The van der Waals surface area contributed by atoms with Gasteiger partial charge in [0.25, 0.3) is 15.9 Å². The quantitative estimate of drug-likeness (QED) is 0.794. The lowest BCUT2D eigenvalue weighted by molar-refractivity contribution is -0.130. The van der Waals surface area contributed by atoms with Crippen molar-refractivity contribution in [1.29, 1.82) is 0 Å². The summed E-state index contributed by atoms with van der Waals surface area (Å²) >= 11 is 0. The van der Waals surface area contributed by atoms with Gasteiger partial charge in [-0.25, -0.2) is 12.7 Å². The topological polar surface area (TPSA) is 101 Å². The largest absolute Gasteiger partial charge is 0.399 e. The minimum Gasteiger partial charge on any atom is -0.399 e. The first-order valence-electron chi connectivity index (χ1n) is 6.54. The number of hydrogen-bond acceptors (Lipinski definition) is 5. The highest BCUT2D eigenvalue weighted by atomic mass is 32.2. The van der Waals surface area contributed by atoms with E-state index in [1.807, 2.05) is 0 Å². The molecule has 0 spiro atoms. The van der Waals surface area contributed by atoms with E-state index in [1.54, 1.807) is 7.05 Å². The summed E-state index contributed by atoms with van der Waals surface area (Å²) in [6.07, 6.45) is 1.83. The van der Waals surface area contributed by atoms with Gasteiger partial charge in [0, 0.05) is 18.8 Å².